The minimum absolute atomic E-state index is 0.129. The Balaban J connectivity index is 1.72. The second-order valence-electron chi connectivity index (χ2n) is 7.69. The van der Waals surface area contributed by atoms with E-state index in [2.05, 4.69) is 5.32 Å². The van der Waals surface area contributed by atoms with E-state index in [1.54, 1.807) is 36.4 Å². The first-order valence-corrected chi connectivity index (χ1v) is 11.9. The third-order valence-electron chi connectivity index (χ3n) is 5.12. The van der Waals surface area contributed by atoms with Gasteiger partial charge in [-0.1, -0.05) is 48.0 Å². The number of carbonyl (C=O) groups excluding carboxylic acids is 1. The number of sulfonamides is 1. The monoisotopic (exact) mass is 454 g/mol. The predicted molar refractivity (Wildman–Crippen MR) is 125 cm³/mol. The summed E-state index contributed by atoms with van der Waals surface area (Å²) in [7, 11) is -3.93. The van der Waals surface area contributed by atoms with Crippen molar-refractivity contribution < 1.29 is 17.6 Å². The average Bonchev–Trinajstić information content (AvgIpc) is 2.77. The summed E-state index contributed by atoms with van der Waals surface area (Å²) in [6, 6.07) is 19.8. The van der Waals surface area contributed by atoms with Gasteiger partial charge in [-0.3, -0.25) is 9.10 Å². The highest BCUT2D eigenvalue weighted by atomic mass is 32.2. The van der Waals surface area contributed by atoms with E-state index in [0.717, 1.165) is 21.0 Å². The number of anilines is 1. The molecule has 3 rings (SSSR count). The third-order valence-corrected chi connectivity index (χ3v) is 6.89. The van der Waals surface area contributed by atoms with Crippen LogP contribution in [0.4, 0.5) is 10.1 Å². The number of carbonyl (C=O) groups is 1. The lowest BCUT2D eigenvalue weighted by atomic mass is 10.1. The van der Waals surface area contributed by atoms with Gasteiger partial charge in [-0.05, 0) is 68.1 Å². The summed E-state index contributed by atoms with van der Waals surface area (Å²) in [5, 5.41) is 2.80. The molecule has 32 heavy (non-hydrogen) atoms. The van der Waals surface area contributed by atoms with Crippen LogP contribution < -0.4 is 9.62 Å². The van der Waals surface area contributed by atoms with Crippen molar-refractivity contribution >= 4 is 21.6 Å². The Kier molecular flexibility index (Phi) is 7.64. The second-order valence-corrected chi connectivity index (χ2v) is 9.56. The second kappa shape index (κ2) is 10.4. The number of halogens is 1. The van der Waals surface area contributed by atoms with Crippen LogP contribution in [0.25, 0.3) is 0 Å². The molecule has 0 saturated carbocycles. The number of benzene rings is 3. The highest BCUT2D eigenvalue weighted by Gasteiger charge is 2.28. The molecule has 0 bridgehead atoms. The number of amides is 1. The predicted octanol–water partition coefficient (Wildman–Crippen LogP) is 4.39. The quantitative estimate of drug-likeness (QED) is 0.488. The van der Waals surface area contributed by atoms with E-state index in [1.165, 1.54) is 24.3 Å². The molecule has 0 aromatic heterocycles. The number of aryl methyl sites for hydroxylation is 3. The largest absolute Gasteiger partial charge is 0.355 e. The van der Waals surface area contributed by atoms with Crippen LogP contribution in [0.5, 0.6) is 0 Å². The number of nitrogens with one attached hydrogen (secondary N) is 1. The van der Waals surface area contributed by atoms with Gasteiger partial charge in [0.2, 0.25) is 5.91 Å². The lowest BCUT2D eigenvalue weighted by Gasteiger charge is -2.26. The van der Waals surface area contributed by atoms with Crippen molar-refractivity contribution in [3.63, 3.8) is 0 Å². The Morgan fingerprint density at radius 3 is 2.31 bits per heavy atom. The summed E-state index contributed by atoms with van der Waals surface area (Å²) in [4.78, 5) is 12.8. The summed E-state index contributed by atoms with van der Waals surface area (Å²) in [6.07, 6.45) is 1.34. The summed E-state index contributed by atoms with van der Waals surface area (Å²) in [6.45, 7) is 3.83. The summed E-state index contributed by atoms with van der Waals surface area (Å²) >= 11 is 0. The molecular weight excluding hydrogens is 427 g/mol. The fourth-order valence-corrected chi connectivity index (χ4v) is 4.97. The van der Waals surface area contributed by atoms with E-state index in [0.29, 0.717) is 25.1 Å². The van der Waals surface area contributed by atoms with Crippen molar-refractivity contribution in [2.75, 3.05) is 17.4 Å². The fraction of sp³-hybridized carbons (Fsp3) is 0.240. The molecule has 0 fully saturated rings. The van der Waals surface area contributed by atoms with Crippen LogP contribution >= 0.6 is 0 Å². The molecule has 1 amide bonds. The van der Waals surface area contributed by atoms with Gasteiger partial charge in [-0.15, -0.1) is 0 Å². The molecule has 0 aliphatic carbocycles. The van der Waals surface area contributed by atoms with Crippen LogP contribution in [0.15, 0.2) is 77.7 Å². The number of hydrogen-bond donors (Lipinski definition) is 1. The molecule has 5 nitrogen and oxygen atoms in total. The molecule has 0 atom stereocenters. The third kappa shape index (κ3) is 5.95. The molecular formula is C25H27FN2O3S. The van der Waals surface area contributed by atoms with Crippen LogP contribution in [0.2, 0.25) is 0 Å². The Hall–Kier alpha value is -3.19. The van der Waals surface area contributed by atoms with E-state index in [4.69, 9.17) is 0 Å². The zero-order valence-electron chi connectivity index (χ0n) is 18.2. The maximum absolute atomic E-state index is 13.4. The molecule has 0 aliphatic heterocycles. The fourth-order valence-electron chi connectivity index (χ4n) is 3.46. The van der Waals surface area contributed by atoms with E-state index in [1.807, 2.05) is 26.0 Å². The van der Waals surface area contributed by atoms with Gasteiger partial charge in [-0.2, -0.15) is 0 Å². The Labute approximate surface area is 188 Å². The normalized spacial score (nSPS) is 11.2. The first kappa shape index (κ1) is 23.5. The minimum Gasteiger partial charge on any atom is -0.355 e. The van der Waals surface area contributed by atoms with Crippen LogP contribution in [-0.2, 0) is 21.2 Å². The van der Waals surface area contributed by atoms with E-state index in [9.17, 15) is 17.6 Å². The maximum atomic E-state index is 13.4. The average molecular weight is 455 g/mol. The molecule has 7 heteroatoms. The lowest BCUT2D eigenvalue weighted by Crippen LogP contribution is -2.41. The molecule has 3 aromatic rings. The van der Waals surface area contributed by atoms with Gasteiger partial charge in [0.15, 0.2) is 0 Å². The lowest BCUT2D eigenvalue weighted by molar-refractivity contribution is -0.119. The molecule has 0 heterocycles. The molecule has 0 spiro atoms. The summed E-state index contributed by atoms with van der Waals surface area (Å²) in [5.74, 6) is -0.670. The molecule has 0 unspecified atom stereocenters. The van der Waals surface area contributed by atoms with Crippen molar-refractivity contribution in [2.24, 2.45) is 0 Å². The van der Waals surface area contributed by atoms with Gasteiger partial charge < -0.3 is 5.32 Å². The molecule has 3 aromatic carbocycles. The molecule has 0 radical (unpaired) electrons. The van der Waals surface area contributed by atoms with Crippen molar-refractivity contribution in [1.29, 1.82) is 0 Å². The van der Waals surface area contributed by atoms with Crippen LogP contribution in [-0.4, -0.2) is 27.4 Å². The Morgan fingerprint density at radius 1 is 0.969 bits per heavy atom. The highest BCUT2D eigenvalue weighted by molar-refractivity contribution is 7.92. The topological polar surface area (TPSA) is 66.5 Å². The Bertz CT molecular complexity index is 1160. The summed E-state index contributed by atoms with van der Waals surface area (Å²) in [5.41, 5.74) is 3.23. The zero-order valence-corrected chi connectivity index (χ0v) is 19.0. The Morgan fingerprint density at radius 2 is 1.66 bits per heavy atom. The first-order chi connectivity index (χ1) is 15.3. The summed E-state index contributed by atoms with van der Waals surface area (Å²) < 4.78 is 40.9. The smallest absolute Gasteiger partial charge is 0.264 e. The number of hydrogen-bond acceptors (Lipinski definition) is 3. The maximum Gasteiger partial charge on any atom is 0.264 e. The number of rotatable bonds is 9. The van der Waals surface area contributed by atoms with Gasteiger partial charge in [0.25, 0.3) is 10.0 Å². The molecule has 168 valence electrons. The standard InChI is InChI=1S/C25H27FN2O3S/c1-19-10-15-24(20(2)17-19)28(32(30,31)23-8-4-3-5-9-23)18-25(29)27-16-6-7-21-11-13-22(26)14-12-21/h3-5,8-15,17H,6-7,16,18H2,1-2H3,(H,27,29). The SMILES string of the molecule is Cc1ccc(N(CC(=O)NCCCc2ccc(F)cc2)S(=O)(=O)c2ccccc2)c(C)c1. The molecule has 0 aliphatic rings. The van der Waals surface area contributed by atoms with Gasteiger partial charge in [0, 0.05) is 6.54 Å². The van der Waals surface area contributed by atoms with Gasteiger partial charge >= 0.3 is 0 Å². The van der Waals surface area contributed by atoms with Crippen molar-refractivity contribution in [3.05, 3.63) is 95.3 Å². The first-order valence-electron chi connectivity index (χ1n) is 10.4. The number of nitrogens with zero attached hydrogens (tertiary/aromatic N) is 1. The van der Waals surface area contributed by atoms with Gasteiger partial charge in [-0.25, -0.2) is 12.8 Å². The van der Waals surface area contributed by atoms with Gasteiger partial charge in [0.1, 0.15) is 12.4 Å². The molecule has 0 saturated heterocycles. The van der Waals surface area contributed by atoms with Gasteiger partial charge in [0.05, 0.1) is 10.6 Å². The zero-order chi connectivity index (χ0) is 23.1. The van der Waals surface area contributed by atoms with Crippen molar-refractivity contribution in [3.8, 4) is 0 Å². The van der Waals surface area contributed by atoms with E-state index in [-0.39, 0.29) is 23.2 Å². The van der Waals surface area contributed by atoms with Crippen LogP contribution in [0.3, 0.4) is 0 Å². The van der Waals surface area contributed by atoms with Crippen LogP contribution in [0, 0.1) is 19.7 Å². The molecule has 1 N–H and O–H groups in total. The van der Waals surface area contributed by atoms with E-state index < -0.39 is 10.0 Å². The highest BCUT2D eigenvalue weighted by Crippen LogP contribution is 2.27. The van der Waals surface area contributed by atoms with E-state index >= 15 is 0 Å². The van der Waals surface area contributed by atoms with Crippen LogP contribution in [0.1, 0.15) is 23.1 Å². The van der Waals surface area contributed by atoms with Crippen molar-refractivity contribution in [2.45, 2.75) is 31.6 Å². The minimum atomic E-state index is -3.93. The van der Waals surface area contributed by atoms with Crippen molar-refractivity contribution in [1.82, 2.24) is 5.32 Å².